The summed E-state index contributed by atoms with van der Waals surface area (Å²) in [6.07, 6.45) is -1.44. The second-order valence-electron chi connectivity index (χ2n) is 2.25. The average molecular weight is 252 g/mol. The van der Waals surface area contributed by atoms with Crippen LogP contribution in [0.4, 0.5) is 0 Å². The van der Waals surface area contributed by atoms with Gasteiger partial charge in [0.15, 0.2) is 0 Å². The molecule has 0 aliphatic heterocycles. The number of carbonyl (C=O) groups is 2. The molecule has 1 atom stereocenters. The fourth-order valence-corrected chi connectivity index (χ4v) is 0.622. The van der Waals surface area contributed by atoms with E-state index in [1.165, 1.54) is 0 Å². The first kappa shape index (κ1) is 21.5. The van der Waals surface area contributed by atoms with Gasteiger partial charge >= 0.3 is 103 Å². The molecule has 0 bridgehead atoms. The maximum atomic E-state index is 10.2. The van der Waals surface area contributed by atoms with Crippen LogP contribution in [0.15, 0.2) is 0 Å². The molecule has 0 fully saturated rings. The Bertz CT molecular complexity index is 173. The first-order valence-electron chi connectivity index (χ1n) is 3.60. The summed E-state index contributed by atoms with van der Waals surface area (Å²) in [5, 5.41) is 20.2. The average Bonchev–Trinajstić information content (AvgIpc) is 1.96. The third-order valence-corrected chi connectivity index (χ3v) is 1.14. The van der Waals surface area contributed by atoms with Crippen molar-refractivity contribution < 1.29 is 127 Å². The Hall–Kier alpha value is 2.17. The fraction of sp³-hybridized carbons (Fsp3) is 0.714. The molecular formula is C7H10K2O5. The molecule has 14 heavy (non-hydrogen) atoms. The standard InChI is InChI=1S/C7H12O5.2K/c1-2-3-12-5(7(10)11)4-6(8)9;;/h5H,2-4H2,1H3,(H,8,9)(H,10,11);;/q;2*+1/p-2/t5-;;/m0../s1. The first-order valence-corrected chi connectivity index (χ1v) is 3.60. The molecule has 0 saturated heterocycles. The van der Waals surface area contributed by atoms with E-state index in [-0.39, 0.29) is 109 Å². The van der Waals surface area contributed by atoms with Crippen LogP contribution in [0.25, 0.3) is 0 Å². The quantitative estimate of drug-likeness (QED) is 0.438. The van der Waals surface area contributed by atoms with Crippen molar-refractivity contribution in [1.82, 2.24) is 0 Å². The molecule has 0 spiro atoms. The summed E-state index contributed by atoms with van der Waals surface area (Å²) >= 11 is 0. The van der Waals surface area contributed by atoms with Crippen molar-refractivity contribution in [2.45, 2.75) is 25.9 Å². The molecular weight excluding hydrogens is 242 g/mol. The Balaban J connectivity index is -0.000000605. The zero-order valence-corrected chi connectivity index (χ0v) is 15.0. The van der Waals surface area contributed by atoms with Crippen molar-refractivity contribution in [2.75, 3.05) is 6.61 Å². The van der Waals surface area contributed by atoms with Gasteiger partial charge in [-0.1, -0.05) is 6.92 Å². The number of carboxylic acids is 2. The van der Waals surface area contributed by atoms with Gasteiger partial charge in [0.1, 0.15) is 6.10 Å². The topological polar surface area (TPSA) is 89.5 Å². The number of carbonyl (C=O) groups excluding carboxylic acids is 2. The minimum absolute atomic E-state index is 0. The van der Waals surface area contributed by atoms with E-state index in [2.05, 4.69) is 4.74 Å². The van der Waals surface area contributed by atoms with Crippen molar-refractivity contribution in [3.05, 3.63) is 0 Å². The molecule has 0 aliphatic rings. The van der Waals surface area contributed by atoms with E-state index in [1.54, 1.807) is 6.92 Å². The van der Waals surface area contributed by atoms with E-state index in [4.69, 9.17) is 0 Å². The van der Waals surface area contributed by atoms with Crippen LogP contribution in [0.2, 0.25) is 0 Å². The Morgan fingerprint density at radius 2 is 1.79 bits per heavy atom. The predicted octanol–water partition coefficient (Wildman–Crippen LogP) is -8.32. The number of ether oxygens (including phenoxy) is 1. The molecule has 7 heteroatoms. The molecule has 0 aliphatic carbocycles. The van der Waals surface area contributed by atoms with Crippen molar-refractivity contribution in [2.24, 2.45) is 0 Å². The molecule has 0 N–H and O–H groups in total. The van der Waals surface area contributed by atoms with Gasteiger partial charge in [-0.05, 0) is 6.42 Å². The number of rotatable bonds is 6. The molecule has 5 nitrogen and oxygen atoms in total. The summed E-state index contributed by atoms with van der Waals surface area (Å²) in [7, 11) is 0. The van der Waals surface area contributed by atoms with Crippen LogP contribution >= 0.6 is 0 Å². The molecule has 0 heterocycles. The molecule has 70 valence electrons. The SMILES string of the molecule is CCCO[C@@H](CC(=O)[O-])C(=O)[O-].[K+].[K+]. The number of aliphatic carboxylic acids is 2. The molecule has 0 aromatic heterocycles. The van der Waals surface area contributed by atoms with Gasteiger partial charge in [0.05, 0.1) is 5.97 Å². The van der Waals surface area contributed by atoms with Crippen molar-refractivity contribution >= 4 is 11.9 Å². The van der Waals surface area contributed by atoms with Crippen LogP contribution in [-0.2, 0) is 14.3 Å². The summed E-state index contributed by atoms with van der Waals surface area (Å²) in [5.41, 5.74) is 0. The van der Waals surface area contributed by atoms with Gasteiger partial charge in [0.25, 0.3) is 0 Å². The second-order valence-corrected chi connectivity index (χ2v) is 2.25. The smallest absolute Gasteiger partial charge is 0.550 e. The van der Waals surface area contributed by atoms with E-state index in [0.717, 1.165) is 0 Å². The molecule has 0 aromatic rings. The van der Waals surface area contributed by atoms with Crippen LogP contribution in [0.1, 0.15) is 19.8 Å². The number of hydrogen-bond acceptors (Lipinski definition) is 5. The molecule has 0 radical (unpaired) electrons. The summed E-state index contributed by atoms with van der Waals surface area (Å²) in [6, 6.07) is 0. The van der Waals surface area contributed by atoms with E-state index < -0.39 is 24.5 Å². The van der Waals surface area contributed by atoms with Crippen LogP contribution in [-0.4, -0.2) is 24.6 Å². The van der Waals surface area contributed by atoms with Gasteiger partial charge in [-0.25, -0.2) is 0 Å². The van der Waals surface area contributed by atoms with Crippen LogP contribution in [0.5, 0.6) is 0 Å². The summed E-state index contributed by atoms with van der Waals surface area (Å²) in [4.78, 5) is 20.2. The number of carboxylic acid groups (broad SMARTS) is 2. The maximum Gasteiger partial charge on any atom is 1.00 e. The van der Waals surface area contributed by atoms with E-state index in [0.29, 0.717) is 6.42 Å². The summed E-state index contributed by atoms with van der Waals surface area (Å²) in [6.45, 7) is 1.98. The summed E-state index contributed by atoms with van der Waals surface area (Å²) < 4.78 is 4.68. The fourth-order valence-electron chi connectivity index (χ4n) is 0.622. The predicted molar refractivity (Wildman–Crippen MR) is 34.7 cm³/mol. The zero-order valence-electron chi connectivity index (χ0n) is 8.74. The monoisotopic (exact) mass is 252 g/mol. The van der Waals surface area contributed by atoms with Gasteiger partial charge in [-0.2, -0.15) is 0 Å². The van der Waals surface area contributed by atoms with Gasteiger partial charge in [0.2, 0.25) is 0 Å². The normalized spacial score (nSPS) is 10.6. The Kier molecular flexibility index (Phi) is 20.3. The first-order chi connectivity index (χ1) is 5.57. The Morgan fingerprint density at radius 3 is 2.07 bits per heavy atom. The second kappa shape index (κ2) is 13.2. The van der Waals surface area contributed by atoms with Crippen LogP contribution in [0, 0.1) is 0 Å². The zero-order chi connectivity index (χ0) is 9.56. The molecule has 0 saturated carbocycles. The Morgan fingerprint density at radius 1 is 1.29 bits per heavy atom. The largest absolute Gasteiger partial charge is 1.00 e. The summed E-state index contributed by atoms with van der Waals surface area (Å²) in [5.74, 6) is -2.98. The molecule has 0 unspecified atom stereocenters. The van der Waals surface area contributed by atoms with Gasteiger partial charge in [-0.15, -0.1) is 0 Å². The van der Waals surface area contributed by atoms with E-state index >= 15 is 0 Å². The van der Waals surface area contributed by atoms with E-state index in [1.807, 2.05) is 0 Å². The molecule has 0 rings (SSSR count). The van der Waals surface area contributed by atoms with Gasteiger partial charge in [0, 0.05) is 19.0 Å². The van der Waals surface area contributed by atoms with Crippen LogP contribution in [0.3, 0.4) is 0 Å². The van der Waals surface area contributed by atoms with Crippen molar-refractivity contribution in [3.8, 4) is 0 Å². The molecule has 0 aromatic carbocycles. The minimum atomic E-state index is -1.52. The number of hydrogen-bond donors (Lipinski definition) is 0. The minimum Gasteiger partial charge on any atom is -0.550 e. The van der Waals surface area contributed by atoms with Crippen molar-refractivity contribution in [1.29, 1.82) is 0 Å². The maximum absolute atomic E-state index is 10.2. The Labute approximate surface area is 168 Å². The van der Waals surface area contributed by atoms with E-state index in [9.17, 15) is 19.8 Å². The molecule has 0 amide bonds. The third kappa shape index (κ3) is 12.2. The van der Waals surface area contributed by atoms with Gasteiger partial charge < -0.3 is 24.5 Å². The third-order valence-electron chi connectivity index (χ3n) is 1.14. The van der Waals surface area contributed by atoms with Gasteiger partial charge in [-0.3, -0.25) is 0 Å². The van der Waals surface area contributed by atoms with Crippen molar-refractivity contribution in [3.63, 3.8) is 0 Å². The van der Waals surface area contributed by atoms with Crippen LogP contribution < -0.4 is 113 Å².